The van der Waals surface area contributed by atoms with Crippen LogP contribution in [0.3, 0.4) is 0 Å². The van der Waals surface area contributed by atoms with E-state index in [1.807, 2.05) is 0 Å². The van der Waals surface area contributed by atoms with Gasteiger partial charge in [-0.1, -0.05) is 0 Å². The number of rotatable bonds is 3. The van der Waals surface area contributed by atoms with Gasteiger partial charge in [0, 0.05) is 0 Å². The van der Waals surface area contributed by atoms with Crippen molar-refractivity contribution in [1.29, 1.82) is 0 Å². The lowest BCUT2D eigenvalue weighted by molar-refractivity contribution is -0.157. The minimum Gasteiger partial charge on any atom is -0.467 e. The molecule has 0 spiro atoms. The Morgan fingerprint density at radius 3 is 2.57 bits per heavy atom. The average molecular weight is 200 g/mol. The minimum atomic E-state index is -1.62. The number of hydrogen-bond donors (Lipinski definition) is 2. The Bertz CT molecular complexity index is 317. The van der Waals surface area contributed by atoms with Crippen LogP contribution in [0.2, 0.25) is 0 Å². The van der Waals surface area contributed by atoms with E-state index in [1.165, 1.54) is 6.07 Å². The van der Waals surface area contributed by atoms with Crippen molar-refractivity contribution in [2.45, 2.75) is 19.1 Å². The smallest absolute Gasteiger partial charge is 0.337 e. The van der Waals surface area contributed by atoms with Crippen LogP contribution in [0.4, 0.5) is 0 Å². The molecule has 5 nitrogen and oxygen atoms in total. The molecule has 0 bridgehead atoms. The number of carbonyl (C=O) groups excluding carboxylic acids is 1. The van der Waals surface area contributed by atoms with Crippen LogP contribution < -0.4 is 0 Å². The summed E-state index contributed by atoms with van der Waals surface area (Å²) in [5.41, 5.74) is 0. The van der Waals surface area contributed by atoms with Crippen molar-refractivity contribution in [3.63, 3.8) is 0 Å². The van der Waals surface area contributed by atoms with E-state index < -0.39 is 18.2 Å². The normalized spacial score (nSPS) is 14.9. The number of furan rings is 1. The van der Waals surface area contributed by atoms with Crippen LogP contribution in [0.5, 0.6) is 0 Å². The molecule has 0 fully saturated rings. The Kier molecular flexibility index (Phi) is 3.27. The third-order valence-electron chi connectivity index (χ3n) is 1.79. The Morgan fingerprint density at radius 1 is 1.50 bits per heavy atom. The lowest BCUT2D eigenvalue weighted by Gasteiger charge is -2.12. The van der Waals surface area contributed by atoms with E-state index >= 15 is 0 Å². The van der Waals surface area contributed by atoms with Crippen molar-refractivity contribution in [2.75, 3.05) is 7.11 Å². The Hall–Kier alpha value is -1.33. The topological polar surface area (TPSA) is 79.9 Å². The summed E-state index contributed by atoms with van der Waals surface area (Å²) in [5, 5.41) is 18.7. The predicted molar refractivity (Wildman–Crippen MR) is 46.4 cm³/mol. The van der Waals surface area contributed by atoms with Crippen molar-refractivity contribution >= 4 is 5.97 Å². The first-order valence-corrected chi connectivity index (χ1v) is 4.06. The van der Waals surface area contributed by atoms with Gasteiger partial charge < -0.3 is 19.4 Å². The predicted octanol–water partition coefficient (Wildman–Crippen LogP) is 0.155. The van der Waals surface area contributed by atoms with E-state index in [9.17, 15) is 15.0 Å². The van der Waals surface area contributed by atoms with E-state index in [4.69, 9.17) is 4.42 Å². The molecular weight excluding hydrogens is 188 g/mol. The summed E-state index contributed by atoms with van der Waals surface area (Å²) in [5.74, 6) is -0.164. The number of aryl methyl sites for hydroxylation is 1. The van der Waals surface area contributed by atoms with Gasteiger partial charge in [-0.2, -0.15) is 0 Å². The van der Waals surface area contributed by atoms with Gasteiger partial charge in [-0.15, -0.1) is 0 Å². The molecule has 78 valence electrons. The van der Waals surface area contributed by atoms with Crippen molar-refractivity contribution in [3.8, 4) is 0 Å². The molecule has 0 saturated carbocycles. The fourth-order valence-electron chi connectivity index (χ4n) is 1.02. The first-order valence-electron chi connectivity index (χ1n) is 4.06. The van der Waals surface area contributed by atoms with E-state index in [0.717, 1.165) is 7.11 Å². The van der Waals surface area contributed by atoms with E-state index in [0.29, 0.717) is 5.76 Å². The maximum atomic E-state index is 10.9. The van der Waals surface area contributed by atoms with Gasteiger partial charge in [0.25, 0.3) is 0 Å². The molecule has 14 heavy (non-hydrogen) atoms. The number of hydrogen-bond acceptors (Lipinski definition) is 5. The monoisotopic (exact) mass is 200 g/mol. The fraction of sp³-hybridized carbons (Fsp3) is 0.444. The molecule has 0 radical (unpaired) electrons. The SMILES string of the molecule is COC(=O)[C@@H](O)[C@H](O)c1ccc(C)o1. The number of aliphatic hydroxyl groups excluding tert-OH is 2. The number of ether oxygens (including phenoxy) is 1. The van der Waals surface area contributed by atoms with Gasteiger partial charge >= 0.3 is 5.97 Å². The third kappa shape index (κ3) is 2.12. The molecule has 0 aliphatic rings. The molecule has 0 amide bonds. The van der Waals surface area contributed by atoms with Gasteiger partial charge in [-0.05, 0) is 19.1 Å². The molecule has 0 unspecified atom stereocenters. The summed E-state index contributed by atoms with van der Waals surface area (Å²) in [6.45, 7) is 1.70. The highest BCUT2D eigenvalue weighted by Gasteiger charge is 2.28. The number of esters is 1. The lowest BCUT2D eigenvalue weighted by atomic mass is 10.1. The van der Waals surface area contributed by atoms with Crippen LogP contribution in [0.15, 0.2) is 16.5 Å². The second-order valence-corrected chi connectivity index (χ2v) is 2.86. The number of aliphatic hydroxyl groups is 2. The minimum absolute atomic E-state index is 0.139. The maximum Gasteiger partial charge on any atom is 0.337 e. The Balaban J connectivity index is 2.74. The summed E-state index contributed by atoms with van der Waals surface area (Å²) < 4.78 is 9.31. The quantitative estimate of drug-likeness (QED) is 0.679. The molecular formula is C9H12O5. The van der Waals surface area contributed by atoms with Crippen LogP contribution in [0.1, 0.15) is 17.6 Å². The van der Waals surface area contributed by atoms with Crippen LogP contribution >= 0.6 is 0 Å². The van der Waals surface area contributed by atoms with Gasteiger partial charge in [-0.25, -0.2) is 4.79 Å². The van der Waals surface area contributed by atoms with E-state index in [1.54, 1.807) is 13.0 Å². The molecule has 1 aromatic heterocycles. The summed E-state index contributed by atoms with van der Waals surface area (Å²) in [7, 11) is 1.13. The second kappa shape index (κ2) is 4.26. The first-order chi connectivity index (χ1) is 6.56. The molecule has 0 aliphatic heterocycles. The van der Waals surface area contributed by atoms with Gasteiger partial charge in [-0.3, -0.25) is 0 Å². The first kappa shape index (κ1) is 10.7. The highest BCUT2D eigenvalue weighted by molar-refractivity contribution is 5.75. The van der Waals surface area contributed by atoms with Crippen LogP contribution in [-0.4, -0.2) is 29.4 Å². The average Bonchev–Trinajstić information content (AvgIpc) is 2.61. The van der Waals surface area contributed by atoms with Crippen LogP contribution in [-0.2, 0) is 9.53 Å². The van der Waals surface area contributed by atoms with E-state index in [2.05, 4.69) is 4.74 Å². The number of carbonyl (C=O) groups is 1. The van der Waals surface area contributed by atoms with Crippen LogP contribution in [0, 0.1) is 6.92 Å². The molecule has 0 aliphatic carbocycles. The summed E-state index contributed by atoms with van der Waals surface area (Å²) >= 11 is 0. The zero-order chi connectivity index (χ0) is 10.7. The van der Waals surface area contributed by atoms with Crippen molar-refractivity contribution < 1.29 is 24.2 Å². The standard InChI is InChI=1S/C9H12O5/c1-5-3-4-6(14-5)7(10)8(11)9(12)13-2/h3-4,7-8,10-11H,1-2H3/t7-,8+/m1/s1. The Morgan fingerprint density at radius 2 is 2.14 bits per heavy atom. The zero-order valence-corrected chi connectivity index (χ0v) is 7.93. The second-order valence-electron chi connectivity index (χ2n) is 2.86. The fourth-order valence-corrected chi connectivity index (χ4v) is 1.02. The van der Waals surface area contributed by atoms with E-state index in [-0.39, 0.29) is 5.76 Å². The maximum absolute atomic E-state index is 10.9. The molecule has 1 rings (SSSR count). The number of methoxy groups -OCH3 is 1. The van der Waals surface area contributed by atoms with Gasteiger partial charge in [0.2, 0.25) is 0 Å². The van der Waals surface area contributed by atoms with Crippen molar-refractivity contribution in [1.82, 2.24) is 0 Å². The van der Waals surface area contributed by atoms with Crippen molar-refractivity contribution in [3.05, 3.63) is 23.7 Å². The summed E-state index contributed by atoms with van der Waals surface area (Å²) in [4.78, 5) is 10.9. The molecule has 1 heterocycles. The molecule has 0 aromatic carbocycles. The van der Waals surface area contributed by atoms with Gasteiger partial charge in [0.15, 0.2) is 6.10 Å². The molecule has 5 heteroatoms. The summed E-state index contributed by atoms with van der Waals surface area (Å²) in [6.07, 6.45) is -3.01. The molecule has 1 aromatic rings. The highest BCUT2D eigenvalue weighted by Crippen LogP contribution is 2.19. The molecule has 2 atom stereocenters. The van der Waals surface area contributed by atoms with Gasteiger partial charge in [0.1, 0.15) is 17.6 Å². The lowest BCUT2D eigenvalue weighted by Crippen LogP contribution is -2.28. The Labute approximate surface area is 80.9 Å². The molecule has 0 saturated heterocycles. The molecule has 2 N–H and O–H groups in total. The highest BCUT2D eigenvalue weighted by atomic mass is 16.5. The largest absolute Gasteiger partial charge is 0.467 e. The van der Waals surface area contributed by atoms with Crippen LogP contribution in [0.25, 0.3) is 0 Å². The summed E-state index contributed by atoms with van der Waals surface area (Å²) in [6, 6.07) is 3.12. The third-order valence-corrected chi connectivity index (χ3v) is 1.79. The zero-order valence-electron chi connectivity index (χ0n) is 7.93. The van der Waals surface area contributed by atoms with Gasteiger partial charge in [0.05, 0.1) is 7.11 Å². The van der Waals surface area contributed by atoms with Crippen molar-refractivity contribution in [2.24, 2.45) is 0 Å².